The van der Waals surface area contributed by atoms with Crippen LogP contribution in [0.4, 0.5) is 0 Å². The molecule has 0 saturated carbocycles. The zero-order valence-corrected chi connectivity index (χ0v) is 23.2. The zero-order valence-electron chi connectivity index (χ0n) is 23.2. The molecule has 0 aliphatic carbocycles. The molecule has 2 aliphatic rings. The van der Waals surface area contributed by atoms with Gasteiger partial charge in [0.15, 0.2) is 0 Å². The van der Waals surface area contributed by atoms with Gasteiger partial charge in [-0.2, -0.15) is 0 Å². The molecule has 8 heteroatoms. The van der Waals surface area contributed by atoms with E-state index in [0.29, 0.717) is 18.6 Å². The molecule has 2 amide bonds. The van der Waals surface area contributed by atoms with E-state index in [-0.39, 0.29) is 25.3 Å². The van der Waals surface area contributed by atoms with Gasteiger partial charge in [-0.05, 0) is 62.4 Å². The first-order valence-corrected chi connectivity index (χ1v) is 13.6. The van der Waals surface area contributed by atoms with Crippen molar-refractivity contribution in [1.82, 2.24) is 9.80 Å². The van der Waals surface area contributed by atoms with Crippen LogP contribution in [0.3, 0.4) is 0 Å². The summed E-state index contributed by atoms with van der Waals surface area (Å²) >= 11 is 0. The Morgan fingerprint density at radius 3 is 2.54 bits per heavy atom. The number of ether oxygens (including phenoxy) is 2. The van der Waals surface area contributed by atoms with Crippen LogP contribution in [0.15, 0.2) is 60.4 Å². The molecule has 39 heavy (non-hydrogen) atoms. The maximum atomic E-state index is 13.1. The Morgan fingerprint density at radius 2 is 1.82 bits per heavy atom. The summed E-state index contributed by atoms with van der Waals surface area (Å²) < 4.78 is 11.4. The number of rotatable bonds is 11. The van der Waals surface area contributed by atoms with Crippen molar-refractivity contribution in [2.24, 2.45) is 5.73 Å². The van der Waals surface area contributed by atoms with Crippen molar-refractivity contribution in [2.45, 2.75) is 71.2 Å². The molecule has 0 spiro atoms. The predicted octanol–water partition coefficient (Wildman–Crippen LogP) is 3.97. The third kappa shape index (κ3) is 7.93. The van der Waals surface area contributed by atoms with Crippen LogP contribution in [0.2, 0.25) is 0 Å². The second-order valence-electron chi connectivity index (χ2n) is 11.2. The fourth-order valence-corrected chi connectivity index (χ4v) is 5.06. The molecule has 8 nitrogen and oxygen atoms in total. The van der Waals surface area contributed by atoms with Crippen LogP contribution in [0, 0.1) is 0 Å². The van der Waals surface area contributed by atoms with Crippen molar-refractivity contribution in [3.63, 3.8) is 0 Å². The number of amides is 2. The number of carbonyl (C=O) groups excluding carboxylic acids is 3. The second-order valence-corrected chi connectivity index (χ2v) is 11.2. The third-order valence-corrected chi connectivity index (χ3v) is 6.87. The van der Waals surface area contributed by atoms with E-state index >= 15 is 0 Å². The summed E-state index contributed by atoms with van der Waals surface area (Å²) in [6.45, 7) is 8.89. The largest absolute Gasteiger partial charge is 0.497 e. The highest BCUT2D eigenvalue weighted by Gasteiger charge is 2.36. The van der Waals surface area contributed by atoms with Crippen LogP contribution < -0.4 is 5.73 Å². The first kappa shape index (κ1) is 28.4. The van der Waals surface area contributed by atoms with Crippen molar-refractivity contribution in [1.29, 1.82) is 0 Å². The lowest BCUT2D eigenvalue weighted by Crippen LogP contribution is -2.45. The Bertz CT molecular complexity index is 1220. The first-order chi connectivity index (χ1) is 18.6. The lowest BCUT2D eigenvalue weighted by atomic mass is 10.0. The van der Waals surface area contributed by atoms with Gasteiger partial charge in [-0.15, -0.1) is 0 Å². The Kier molecular flexibility index (Phi) is 9.07. The average molecular weight is 534 g/mol. The van der Waals surface area contributed by atoms with Gasteiger partial charge in [0.1, 0.15) is 17.4 Å². The van der Waals surface area contributed by atoms with E-state index in [0.717, 1.165) is 42.9 Å². The van der Waals surface area contributed by atoms with Gasteiger partial charge in [0, 0.05) is 38.0 Å². The predicted molar refractivity (Wildman–Crippen MR) is 148 cm³/mol. The van der Waals surface area contributed by atoms with Gasteiger partial charge >= 0.3 is 5.97 Å². The molecular formula is C31H39N3O5. The van der Waals surface area contributed by atoms with Gasteiger partial charge in [0.05, 0.1) is 13.2 Å². The Balaban J connectivity index is 1.29. The van der Waals surface area contributed by atoms with E-state index in [4.69, 9.17) is 15.2 Å². The second kappa shape index (κ2) is 12.5. The van der Waals surface area contributed by atoms with Crippen LogP contribution >= 0.6 is 0 Å². The molecule has 0 unspecified atom stereocenters. The number of esters is 1. The standard InChI is InChI=1S/C31H39N3O5/c1-31(2,3)39-28(35)14-13-27(29(32)36)34-20-24-18-22(11-12-26(24)30(34)37)15-17-38-25-10-7-16-33(21-25)19-23-8-5-4-6-9-23/h4-6,8-12,18,27H,7,13-17,19-21H2,1-3H3,(H2,32,36)/t27-/m0/s1. The number of fused-ring (bicyclic) bond motifs is 1. The lowest BCUT2D eigenvalue weighted by molar-refractivity contribution is -0.155. The molecule has 2 aromatic carbocycles. The number of nitrogens with two attached hydrogens (primary N) is 1. The van der Waals surface area contributed by atoms with Gasteiger partial charge in [-0.25, -0.2) is 0 Å². The molecule has 0 radical (unpaired) electrons. The Labute approximate surface area is 230 Å². The normalized spacial score (nSPS) is 16.4. The summed E-state index contributed by atoms with van der Waals surface area (Å²) in [6, 6.07) is 15.3. The van der Waals surface area contributed by atoms with Crippen LogP contribution in [0.1, 0.15) is 67.1 Å². The van der Waals surface area contributed by atoms with Gasteiger partial charge in [0.2, 0.25) is 5.91 Å². The molecule has 2 aliphatic heterocycles. The highest BCUT2D eigenvalue weighted by molar-refractivity contribution is 6.01. The van der Waals surface area contributed by atoms with E-state index in [2.05, 4.69) is 35.2 Å². The van der Waals surface area contributed by atoms with Gasteiger partial charge in [-0.3, -0.25) is 19.3 Å². The highest BCUT2D eigenvalue weighted by atomic mass is 16.6. The van der Waals surface area contributed by atoms with Crippen LogP contribution in [0.25, 0.3) is 0 Å². The molecule has 0 bridgehead atoms. The summed E-state index contributed by atoms with van der Waals surface area (Å²) in [5, 5.41) is 0. The SMILES string of the molecule is CC(C)(C)OC(=O)CC[C@@H](C(N)=O)N1Cc2cc(CCOC3=CCCN(Cc4ccccc4)C3)ccc2C1=O. The molecule has 2 aromatic rings. The number of hydrogen-bond acceptors (Lipinski definition) is 6. The first-order valence-electron chi connectivity index (χ1n) is 13.6. The maximum absolute atomic E-state index is 13.1. The fourth-order valence-electron chi connectivity index (χ4n) is 5.06. The molecule has 208 valence electrons. The topological polar surface area (TPSA) is 102 Å². The van der Waals surface area contributed by atoms with E-state index < -0.39 is 23.5 Å². The number of carbonyl (C=O) groups is 3. The zero-order chi connectivity index (χ0) is 28.0. The highest BCUT2D eigenvalue weighted by Crippen LogP contribution is 2.28. The van der Waals surface area contributed by atoms with Crippen LogP contribution in [0.5, 0.6) is 0 Å². The molecule has 0 aromatic heterocycles. The van der Waals surface area contributed by atoms with Crippen molar-refractivity contribution >= 4 is 17.8 Å². The molecule has 1 atom stereocenters. The Morgan fingerprint density at radius 1 is 1.05 bits per heavy atom. The fraction of sp³-hybridized carbons (Fsp3) is 0.452. The summed E-state index contributed by atoms with van der Waals surface area (Å²) in [4.78, 5) is 41.3. The summed E-state index contributed by atoms with van der Waals surface area (Å²) in [5.41, 5.74) is 8.79. The average Bonchev–Trinajstić information content (AvgIpc) is 3.19. The number of primary amides is 1. The van der Waals surface area contributed by atoms with Crippen LogP contribution in [-0.4, -0.2) is 58.9 Å². The minimum absolute atomic E-state index is 0.00617. The van der Waals surface area contributed by atoms with Crippen molar-refractivity contribution in [3.05, 3.63) is 82.6 Å². The smallest absolute Gasteiger partial charge is 0.306 e. The van der Waals surface area contributed by atoms with Crippen molar-refractivity contribution < 1.29 is 23.9 Å². The number of benzene rings is 2. The molecule has 2 heterocycles. The van der Waals surface area contributed by atoms with Crippen molar-refractivity contribution in [3.8, 4) is 0 Å². The van der Waals surface area contributed by atoms with E-state index in [1.807, 2.05) is 18.2 Å². The monoisotopic (exact) mass is 533 g/mol. The molecular weight excluding hydrogens is 494 g/mol. The number of nitrogens with zero attached hydrogens (tertiary/aromatic N) is 2. The van der Waals surface area contributed by atoms with E-state index in [9.17, 15) is 14.4 Å². The van der Waals surface area contributed by atoms with Gasteiger partial charge in [0.25, 0.3) is 5.91 Å². The van der Waals surface area contributed by atoms with Gasteiger partial charge in [-0.1, -0.05) is 42.5 Å². The molecule has 0 fully saturated rings. The molecule has 4 rings (SSSR count). The van der Waals surface area contributed by atoms with E-state index in [1.54, 1.807) is 26.8 Å². The number of hydrogen-bond donors (Lipinski definition) is 1. The van der Waals surface area contributed by atoms with Crippen molar-refractivity contribution in [2.75, 3.05) is 19.7 Å². The lowest BCUT2D eigenvalue weighted by Gasteiger charge is -2.27. The Hall–Kier alpha value is -3.65. The van der Waals surface area contributed by atoms with Crippen LogP contribution in [-0.2, 0) is 38.6 Å². The third-order valence-electron chi connectivity index (χ3n) is 6.87. The summed E-state index contributed by atoms with van der Waals surface area (Å²) in [7, 11) is 0. The summed E-state index contributed by atoms with van der Waals surface area (Å²) in [6.07, 6.45) is 3.97. The molecule has 2 N–H and O–H groups in total. The van der Waals surface area contributed by atoms with Gasteiger partial charge < -0.3 is 20.1 Å². The van der Waals surface area contributed by atoms with E-state index in [1.165, 1.54) is 10.5 Å². The minimum Gasteiger partial charge on any atom is -0.497 e. The quantitative estimate of drug-likeness (QED) is 0.439. The molecule has 0 saturated heterocycles. The minimum atomic E-state index is -0.874. The maximum Gasteiger partial charge on any atom is 0.306 e. The summed E-state index contributed by atoms with van der Waals surface area (Å²) in [5.74, 6) is -0.299.